The lowest BCUT2D eigenvalue weighted by Crippen LogP contribution is -2.17. The van der Waals surface area contributed by atoms with Crippen molar-refractivity contribution >= 4 is 0 Å². The van der Waals surface area contributed by atoms with Crippen molar-refractivity contribution in [3.05, 3.63) is 12.2 Å². The van der Waals surface area contributed by atoms with Crippen molar-refractivity contribution in [3.63, 3.8) is 0 Å². The minimum atomic E-state index is 0.367. The molecule has 0 aromatic carbocycles. The van der Waals surface area contributed by atoms with Crippen molar-refractivity contribution in [2.24, 2.45) is 23.7 Å². The van der Waals surface area contributed by atoms with Crippen molar-refractivity contribution in [3.8, 4) is 6.07 Å². The van der Waals surface area contributed by atoms with Gasteiger partial charge in [-0.15, -0.1) is 0 Å². The molecule has 2 aliphatic carbocycles. The molecule has 0 saturated heterocycles. The van der Waals surface area contributed by atoms with Gasteiger partial charge in [-0.25, -0.2) is 0 Å². The van der Waals surface area contributed by atoms with E-state index < -0.39 is 0 Å². The van der Waals surface area contributed by atoms with Gasteiger partial charge in [-0.05, 0) is 75.5 Å². The maximum atomic E-state index is 8.96. The van der Waals surface area contributed by atoms with Crippen LogP contribution < -0.4 is 0 Å². The molecule has 2 fully saturated rings. The van der Waals surface area contributed by atoms with Crippen LogP contribution in [0.25, 0.3) is 0 Å². The molecule has 0 aromatic rings. The predicted octanol–water partition coefficient (Wildman–Crippen LogP) is 6.26. The first kappa shape index (κ1) is 16.6. The fourth-order valence-corrected chi connectivity index (χ4v) is 4.18. The molecule has 0 unspecified atom stereocenters. The van der Waals surface area contributed by atoms with Crippen LogP contribution in [0.4, 0.5) is 0 Å². The van der Waals surface area contributed by atoms with E-state index >= 15 is 0 Å². The Balaban J connectivity index is 1.58. The Bertz CT molecular complexity index is 335. The Morgan fingerprint density at radius 2 is 1.48 bits per heavy atom. The largest absolute Gasteiger partial charge is 0.198 e. The van der Waals surface area contributed by atoms with Crippen molar-refractivity contribution in [2.75, 3.05) is 0 Å². The van der Waals surface area contributed by atoms with Crippen molar-refractivity contribution < 1.29 is 0 Å². The lowest BCUT2D eigenvalue weighted by molar-refractivity contribution is 0.242. The van der Waals surface area contributed by atoms with Crippen LogP contribution in [0.3, 0.4) is 0 Å². The van der Waals surface area contributed by atoms with Gasteiger partial charge in [0.15, 0.2) is 0 Å². The van der Waals surface area contributed by atoms with E-state index in [4.69, 9.17) is 5.26 Å². The first-order valence-electron chi connectivity index (χ1n) is 9.38. The SMILES string of the molecule is CCCC=CC1CCC(CCC2CCC(C#N)CC2)CC1. The van der Waals surface area contributed by atoms with Gasteiger partial charge in [0.1, 0.15) is 0 Å². The number of unbranched alkanes of at least 4 members (excludes halogenated alkanes) is 1. The maximum Gasteiger partial charge on any atom is 0.0655 e. The molecule has 1 heteroatoms. The number of hydrogen-bond donors (Lipinski definition) is 0. The Kier molecular flexibility index (Phi) is 7.34. The summed E-state index contributed by atoms with van der Waals surface area (Å²) in [5.74, 6) is 3.16. The second-order valence-corrected chi connectivity index (χ2v) is 7.42. The van der Waals surface area contributed by atoms with Gasteiger partial charge in [-0.2, -0.15) is 5.26 Å². The van der Waals surface area contributed by atoms with E-state index in [1.807, 2.05) is 0 Å². The zero-order valence-electron chi connectivity index (χ0n) is 13.9. The molecule has 0 atom stereocenters. The Morgan fingerprint density at radius 3 is 2.00 bits per heavy atom. The predicted molar refractivity (Wildman–Crippen MR) is 89.8 cm³/mol. The van der Waals surface area contributed by atoms with Gasteiger partial charge in [0.25, 0.3) is 0 Å². The third kappa shape index (κ3) is 5.85. The fraction of sp³-hybridized carbons (Fsp3) is 0.850. The smallest absolute Gasteiger partial charge is 0.0655 e. The summed E-state index contributed by atoms with van der Waals surface area (Å²) in [6, 6.07) is 2.45. The van der Waals surface area contributed by atoms with Crippen molar-refractivity contribution in [1.82, 2.24) is 0 Å². The lowest BCUT2D eigenvalue weighted by Gasteiger charge is -2.30. The van der Waals surface area contributed by atoms with E-state index in [0.717, 1.165) is 30.6 Å². The van der Waals surface area contributed by atoms with Gasteiger partial charge in [0, 0.05) is 5.92 Å². The molecule has 0 spiro atoms. The van der Waals surface area contributed by atoms with E-state index in [-0.39, 0.29) is 0 Å². The number of hydrogen-bond acceptors (Lipinski definition) is 1. The highest BCUT2D eigenvalue weighted by atomic mass is 14.3. The van der Waals surface area contributed by atoms with Crippen LogP contribution in [-0.4, -0.2) is 0 Å². The van der Waals surface area contributed by atoms with Gasteiger partial charge in [0.2, 0.25) is 0 Å². The van der Waals surface area contributed by atoms with Crippen LogP contribution in [0.1, 0.15) is 84.0 Å². The normalized spacial score (nSPS) is 33.9. The van der Waals surface area contributed by atoms with Gasteiger partial charge in [-0.1, -0.05) is 38.3 Å². The average molecular weight is 287 g/mol. The molecule has 0 N–H and O–H groups in total. The van der Waals surface area contributed by atoms with Crippen molar-refractivity contribution in [2.45, 2.75) is 84.0 Å². The van der Waals surface area contributed by atoms with Gasteiger partial charge < -0.3 is 0 Å². The number of nitriles is 1. The van der Waals surface area contributed by atoms with Crippen LogP contribution in [0.15, 0.2) is 12.2 Å². The molecule has 2 saturated carbocycles. The zero-order chi connectivity index (χ0) is 14.9. The lowest BCUT2D eigenvalue weighted by atomic mass is 9.76. The van der Waals surface area contributed by atoms with Gasteiger partial charge in [0.05, 0.1) is 6.07 Å². The third-order valence-corrected chi connectivity index (χ3v) is 5.77. The molecular weight excluding hydrogens is 254 g/mol. The van der Waals surface area contributed by atoms with E-state index in [9.17, 15) is 0 Å². The molecule has 2 aliphatic rings. The first-order valence-corrected chi connectivity index (χ1v) is 9.38. The molecule has 0 amide bonds. The van der Waals surface area contributed by atoms with E-state index in [0.29, 0.717) is 5.92 Å². The first-order chi connectivity index (χ1) is 10.3. The average Bonchev–Trinajstić information content (AvgIpc) is 2.55. The molecule has 0 heterocycles. The monoisotopic (exact) mass is 287 g/mol. The van der Waals surface area contributed by atoms with Crippen molar-refractivity contribution in [1.29, 1.82) is 5.26 Å². The van der Waals surface area contributed by atoms with E-state index in [1.54, 1.807) is 0 Å². The zero-order valence-corrected chi connectivity index (χ0v) is 13.9. The fourth-order valence-electron chi connectivity index (χ4n) is 4.18. The highest BCUT2D eigenvalue weighted by molar-refractivity contribution is 4.91. The van der Waals surface area contributed by atoms with Crippen LogP contribution in [0.5, 0.6) is 0 Å². The van der Waals surface area contributed by atoms with Crippen LogP contribution >= 0.6 is 0 Å². The summed E-state index contributed by atoms with van der Waals surface area (Å²) < 4.78 is 0. The van der Waals surface area contributed by atoms with Crippen LogP contribution in [-0.2, 0) is 0 Å². The van der Waals surface area contributed by atoms with E-state index in [2.05, 4.69) is 25.1 Å². The standard InChI is InChI=1S/C20H33N/c1-2-3-4-5-17-6-8-18(9-7-17)10-11-19-12-14-20(16-21)15-13-19/h4-5,17-20H,2-3,6-15H2,1H3. The summed E-state index contributed by atoms with van der Waals surface area (Å²) in [5.41, 5.74) is 0. The molecule has 118 valence electrons. The Labute approximate surface area is 131 Å². The highest BCUT2D eigenvalue weighted by Crippen LogP contribution is 2.36. The minimum absolute atomic E-state index is 0.367. The Hall–Kier alpha value is -0.770. The number of nitrogens with zero attached hydrogens (tertiary/aromatic N) is 1. The van der Waals surface area contributed by atoms with Gasteiger partial charge >= 0.3 is 0 Å². The highest BCUT2D eigenvalue weighted by Gasteiger charge is 2.23. The summed E-state index contributed by atoms with van der Waals surface area (Å²) in [5, 5.41) is 8.96. The summed E-state index contributed by atoms with van der Waals surface area (Å²) in [7, 11) is 0. The number of allylic oxidation sites excluding steroid dienone is 2. The molecule has 0 radical (unpaired) electrons. The third-order valence-electron chi connectivity index (χ3n) is 5.77. The minimum Gasteiger partial charge on any atom is -0.198 e. The molecule has 21 heavy (non-hydrogen) atoms. The van der Waals surface area contributed by atoms with Gasteiger partial charge in [-0.3, -0.25) is 0 Å². The quantitative estimate of drug-likeness (QED) is 0.529. The maximum absolute atomic E-state index is 8.96. The van der Waals surface area contributed by atoms with Crippen LogP contribution in [0, 0.1) is 35.0 Å². The molecule has 0 aromatic heterocycles. The Morgan fingerprint density at radius 1 is 0.905 bits per heavy atom. The van der Waals surface area contributed by atoms with E-state index in [1.165, 1.54) is 64.2 Å². The molecule has 2 rings (SSSR count). The number of rotatable bonds is 6. The molecule has 0 bridgehead atoms. The summed E-state index contributed by atoms with van der Waals surface area (Å²) in [6.07, 6.45) is 21.0. The summed E-state index contributed by atoms with van der Waals surface area (Å²) >= 11 is 0. The topological polar surface area (TPSA) is 23.8 Å². The van der Waals surface area contributed by atoms with Crippen LogP contribution in [0.2, 0.25) is 0 Å². The molecule has 1 nitrogen and oxygen atoms in total. The second kappa shape index (κ2) is 9.29. The summed E-state index contributed by atoms with van der Waals surface area (Å²) in [6.45, 7) is 2.26. The summed E-state index contributed by atoms with van der Waals surface area (Å²) in [4.78, 5) is 0. The molecule has 0 aliphatic heterocycles. The second-order valence-electron chi connectivity index (χ2n) is 7.42. The molecular formula is C20H33N.